The van der Waals surface area contributed by atoms with Crippen LogP contribution >= 0.6 is 0 Å². The molecule has 1 saturated heterocycles. The van der Waals surface area contributed by atoms with Crippen LogP contribution in [0, 0.1) is 13.8 Å². The largest absolute Gasteiger partial charge is 0.383 e. The molecule has 0 saturated carbocycles. The fourth-order valence-corrected chi connectivity index (χ4v) is 2.88. The lowest BCUT2D eigenvalue weighted by molar-refractivity contribution is -0.0490. The third-order valence-electron chi connectivity index (χ3n) is 4.11. The first-order valence-electron chi connectivity index (χ1n) is 7.14. The molecule has 3 heteroatoms. The molecule has 0 aromatic carbocycles. The van der Waals surface area contributed by atoms with E-state index < -0.39 is 5.60 Å². The summed E-state index contributed by atoms with van der Waals surface area (Å²) in [5.74, 6) is 0. The van der Waals surface area contributed by atoms with Crippen LogP contribution in [-0.2, 0) is 5.60 Å². The Hall–Kier alpha value is -0.930. The average Bonchev–Trinajstić information content (AvgIpc) is 2.27. The highest BCUT2D eigenvalue weighted by Gasteiger charge is 2.38. The van der Waals surface area contributed by atoms with Crippen LogP contribution in [-0.4, -0.2) is 33.6 Å². The topological polar surface area (TPSA) is 36.4 Å². The maximum Gasteiger partial charge on any atom is 0.109 e. The van der Waals surface area contributed by atoms with Crippen molar-refractivity contribution < 1.29 is 5.11 Å². The number of hydrogen-bond acceptors (Lipinski definition) is 3. The van der Waals surface area contributed by atoms with Gasteiger partial charge in [-0.1, -0.05) is 0 Å². The second-order valence-corrected chi connectivity index (χ2v) is 6.86. The highest BCUT2D eigenvalue weighted by Crippen LogP contribution is 2.34. The van der Waals surface area contributed by atoms with Crippen molar-refractivity contribution in [3.05, 3.63) is 29.1 Å². The Morgan fingerprint density at radius 3 is 2.21 bits per heavy atom. The lowest BCUT2D eigenvalue weighted by Crippen LogP contribution is -2.50. The van der Waals surface area contributed by atoms with Crippen LogP contribution in [0.25, 0.3) is 0 Å². The summed E-state index contributed by atoms with van der Waals surface area (Å²) in [6.45, 7) is 12.6. The van der Waals surface area contributed by atoms with Gasteiger partial charge in [0.2, 0.25) is 0 Å². The molecule has 0 spiro atoms. The zero-order valence-corrected chi connectivity index (χ0v) is 12.8. The maximum absolute atomic E-state index is 10.9. The number of likely N-dealkylation sites (tertiary alicyclic amines) is 1. The van der Waals surface area contributed by atoms with E-state index in [1.165, 1.54) is 5.56 Å². The lowest BCUT2D eigenvalue weighted by atomic mass is 9.85. The number of hydrogen-bond donors (Lipinski definition) is 1. The number of rotatable bonds is 1. The van der Waals surface area contributed by atoms with Crippen molar-refractivity contribution in [2.75, 3.05) is 13.1 Å². The molecule has 1 aromatic rings. The summed E-state index contributed by atoms with van der Waals surface area (Å²) in [6, 6.07) is 4.08. The Morgan fingerprint density at radius 1 is 1.16 bits per heavy atom. The maximum atomic E-state index is 10.9. The van der Waals surface area contributed by atoms with Crippen molar-refractivity contribution in [1.29, 1.82) is 0 Å². The molecule has 0 atom stereocenters. The lowest BCUT2D eigenvalue weighted by Gasteiger charge is -2.44. The highest BCUT2D eigenvalue weighted by molar-refractivity contribution is 5.24. The summed E-state index contributed by atoms with van der Waals surface area (Å²) in [4.78, 5) is 6.98. The van der Waals surface area contributed by atoms with Gasteiger partial charge in [-0.3, -0.25) is 9.88 Å². The molecule has 2 heterocycles. The molecule has 1 aromatic heterocycles. The van der Waals surface area contributed by atoms with Gasteiger partial charge >= 0.3 is 0 Å². The average molecular weight is 262 g/mol. The van der Waals surface area contributed by atoms with Gasteiger partial charge in [-0.05, 0) is 65.2 Å². The van der Waals surface area contributed by atoms with E-state index in [2.05, 4.69) is 43.6 Å². The second-order valence-electron chi connectivity index (χ2n) is 6.86. The molecule has 3 nitrogen and oxygen atoms in total. The molecule has 0 aliphatic carbocycles. The smallest absolute Gasteiger partial charge is 0.109 e. The molecule has 0 radical (unpaired) electrons. The quantitative estimate of drug-likeness (QED) is 0.845. The Kier molecular flexibility index (Phi) is 3.72. The number of aliphatic hydroxyl groups is 1. The summed E-state index contributed by atoms with van der Waals surface area (Å²) < 4.78 is 0. The fraction of sp³-hybridized carbons (Fsp3) is 0.688. The van der Waals surface area contributed by atoms with Crippen LogP contribution in [0.1, 0.15) is 50.6 Å². The number of aromatic nitrogens is 1. The predicted molar refractivity (Wildman–Crippen MR) is 78.2 cm³/mol. The van der Waals surface area contributed by atoms with E-state index in [1.807, 2.05) is 13.0 Å². The molecule has 0 unspecified atom stereocenters. The molecule has 1 aliphatic heterocycles. The fourth-order valence-electron chi connectivity index (χ4n) is 2.88. The van der Waals surface area contributed by atoms with Crippen LogP contribution in [0.5, 0.6) is 0 Å². The van der Waals surface area contributed by atoms with Crippen LogP contribution in [0.15, 0.2) is 12.1 Å². The zero-order valence-electron chi connectivity index (χ0n) is 12.8. The van der Waals surface area contributed by atoms with Crippen molar-refractivity contribution >= 4 is 0 Å². The Morgan fingerprint density at radius 2 is 1.74 bits per heavy atom. The van der Waals surface area contributed by atoms with Crippen LogP contribution in [0.4, 0.5) is 0 Å². The monoisotopic (exact) mass is 262 g/mol. The van der Waals surface area contributed by atoms with Crippen molar-refractivity contribution in [3.63, 3.8) is 0 Å². The number of nitrogens with zero attached hydrogens (tertiary/aromatic N) is 2. The Balaban J connectivity index is 2.18. The normalized spacial score (nSPS) is 20.5. The Bertz CT molecular complexity index is 434. The van der Waals surface area contributed by atoms with Gasteiger partial charge in [-0.15, -0.1) is 0 Å². The van der Waals surface area contributed by atoms with Gasteiger partial charge in [-0.2, -0.15) is 0 Å². The van der Waals surface area contributed by atoms with Crippen LogP contribution in [0.2, 0.25) is 0 Å². The van der Waals surface area contributed by atoms with E-state index in [-0.39, 0.29) is 5.54 Å². The number of pyridine rings is 1. The summed E-state index contributed by atoms with van der Waals surface area (Å²) >= 11 is 0. The first kappa shape index (κ1) is 14.5. The first-order chi connectivity index (χ1) is 8.71. The van der Waals surface area contributed by atoms with E-state index in [4.69, 9.17) is 0 Å². The second kappa shape index (κ2) is 4.88. The zero-order chi connectivity index (χ0) is 14.3. The number of piperidine rings is 1. The Labute approximate surface area is 116 Å². The molecule has 106 valence electrons. The minimum absolute atomic E-state index is 0.178. The molecule has 0 amide bonds. The third kappa shape index (κ3) is 3.15. The molecule has 19 heavy (non-hydrogen) atoms. The standard InChI is InChI=1S/C16H26N2O/c1-12-10-13(2)17-14(11-12)16(19)6-8-18(9-7-16)15(3,4)5/h10-11,19H,6-9H2,1-5H3. The van der Waals surface area contributed by atoms with Crippen molar-refractivity contribution in [2.45, 2.75) is 58.6 Å². The van der Waals surface area contributed by atoms with Crippen LogP contribution in [0.3, 0.4) is 0 Å². The summed E-state index contributed by atoms with van der Waals surface area (Å²) in [5.41, 5.74) is 2.44. The van der Waals surface area contributed by atoms with E-state index >= 15 is 0 Å². The first-order valence-corrected chi connectivity index (χ1v) is 7.14. The molecule has 2 rings (SSSR count). The minimum atomic E-state index is -0.751. The summed E-state index contributed by atoms with van der Waals surface area (Å²) in [7, 11) is 0. The van der Waals surface area contributed by atoms with Gasteiger partial charge in [0.1, 0.15) is 5.60 Å². The van der Waals surface area contributed by atoms with Crippen LogP contribution < -0.4 is 0 Å². The molecular weight excluding hydrogens is 236 g/mol. The van der Waals surface area contributed by atoms with Crippen molar-refractivity contribution in [2.24, 2.45) is 0 Å². The molecular formula is C16H26N2O. The third-order valence-corrected chi connectivity index (χ3v) is 4.11. The predicted octanol–water partition coefficient (Wildman–Crippen LogP) is 2.78. The SMILES string of the molecule is Cc1cc(C)nc(C2(O)CCN(C(C)(C)C)CC2)c1. The summed E-state index contributed by atoms with van der Waals surface area (Å²) in [6.07, 6.45) is 1.53. The van der Waals surface area contributed by atoms with Gasteiger partial charge in [-0.25, -0.2) is 0 Å². The van der Waals surface area contributed by atoms with Gasteiger partial charge in [0.15, 0.2) is 0 Å². The van der Waals surface area contributed by atoms with E-state index in [1.54, 1.807) is 0 Å². The molecule has 0 bridgehead atoms. The van der Waals surface area contributed by atoms with E-state index in [9.17, 15) is 5.11 Å². The van der Waals surface area contributed by atoms with Gasteiger partial charge < -0.3 is 5.11 Å². The van der Waals surface area contributed by atoms with E-state index in [0.29, 0.717) is 0 Å². The van der Waals surface area contributed by atoms with Gasteiger partial charge in [0.05, 0.1) is 5.69 Å². The number of aryl methyl sites for hydroxylation is 2. The summed E-state index contributed by atoms with van der Waals surface area (Å²) in [5, 5.41) is 10.9. The highest BCUT2D eigenvalue weighted by atomic mass is 16.3. The minimum Gasteiger partial charge on any atom is -0.383 e. The molecule has 1 fully saturated rings. The van der Waals surface area contributed by atoms with Crippen molar-refractivity contribution in [1.82, 2.24) is 9.88 Å². The molecule has 1 aliphatic rings. The van der Waals surface area contributed by atoms with Crippen molar-refractivity contribution in [3.8, 4) is 0 Å². The van der Waals surface area contributed by atoms with Gasteiger partial charge in [0, 0.05) is 24.3 Å². The van der Waals surface area contributed by atoms with Gasteiger partial charge in [0.25, 0.3) is 0 Å². The molecule has 1 N–H and O–H groups in total. The van der Waals surface area contributed by atoms with E-state index in [0.717, 1.165) is 37.3 Å².